The zero-order chi connectivity index (χ0) is 14.0. The number of hydrogen-bond acceptors (Lipinski definition) is 3. The van der Waals surface area contributed by atoms with E-state index >= 15 is 0 Å². The largest absolute Gasteiger partial charge is 0.369 e. The van der Waals surface area contributed by atoms with Gasteiger partial charge in [0.25, 0.3) is 0 Å². The number of fused-ring (bicyclic) bond motifs is 1. The minimum atomic E-state index is 0.00483. The summed E-state index contributed by atoms with van der Waals surface area (Å²) < 4.78 is 1.82. The van der Waals surface area contributed by atoms with Crippen LogP contribution in [0.4, 0.5) is 5.95 Å². The number of hydrogen-bond donors (Lipinski definition) is 2. The summed E-state index contributed by atoms with van der Waals surface area (Å²) in [5.74, 6) is 0.403. The Morgan fingerprint density at radius 2 is 2.26 bits per heavy atom. The van der Waals surface area contributed by atoms with Gasteiger partial charge in [-0.3, -0.25) is 4.79 Å². The first kappa shape index (κ1) is 13.7. The zero-order valence-electron chi connectivity index (χ0n) is 11.0. The number of aromatic nitrogens is 2. The van der Waals surface area contributed by atoms with E-state index in [0.29, 0.717) is 23.9 Å². The molecule has 0 spiro atoms. The van der Waals surface area contributed by atoms with Crippen LogP contribution < -0.4 is 11.1 Å². The molecule has 1 aromatic carbocycles. The van der Waals surface area contributed by atoms with Crippen molar-refractivity contribution in [2.45, 2.75) is 32.9 Å². The molecule has 0 aliphatic rings. The van der Waals surface area contributed by atoms with Gasteiger partial charge in [0.1, 0.15) is 0 Å². The molecule has 0 atom stereocenters. The molecule has 0 aliphatic heterocycles. The van der Waals surface area contributed by atoms with Crippen LogP contribution in [0.5, 0.6) is 0 Å². The Morgan fingerprint density at radius 3 is 2.95 bits per heavy atom. The monoisotopic (exact) mass is 280 g/mol. The fourth-order valence-electron chi connectivity index (χ4n) is 1.96. The molecule has 0 fully saturated rings. The first-order valence-electron chi connectivity index (χ1n) is 6.18. The fraction of sp³-hybridized carbons (Fsp3) is 0.385. The lowest BCUT2D eigenvalue weighted by Crippen LogP contribution is -2.30. The first-order valence-corrected chi connectivity index (χ1v) is 6.56. The number of carbonyl (C=O) groups excluding carboxylic acids is 1. The molecule has 0 aliphatic carbocycles. The van der Waals surface area contributed by atoms with E-state index in [2.05, 4.69) is 10.3 Å². The van der Waals surface area contributed by atoms with Gasteiger partial charge in [0, 0.05) is 24.0 Å². The van der Waals surface area contributed by atoms with Gasteiger partial charge in [0.15, 0.2) is 0 Å². The zero-order valence-corrected chi connectivity index (χ0v) is 11.7. The molecule has 1 heterocycles. The maximum atomic E-state index is 11.6. The maximum absolute atomic E-state index is 11.6. The molecular formula is C13H17ClN4O. The van der Waals surface area contributed by atoms with Crippen LogP contribution in [0, 0.1) is 0 Å². The summed E-state index contributed by atoms with van der Waals surface area (Å²) in [6.07, 6.45) is 0.371. The molecule has 6 heteroatoms. The van der Waals surface area contributed by atoms with Crippen molar-refractivity contribution in [2.24, 2.45) is 0 Å². The number of imidazole rings is 1. The van der Waals surface area contributed by atoms with Crippen molar-refractivity contribution >= 4 is 34.5 Å². The second kappa shape index (κ2) is 5.48. The predicted octanol–water partition coefficient (Wildman–Crippen LogP) is 2.19. The van der Waals surface area contributed by atoms with Gasteiger partial charge >= 0.3 is 0 Å². The van der Waals surface area contributed by atoms with Crippen LogP contribution >= 0.6 is 11.6 Å². The standard InChI is InChI=1S/C13H17ClN4O/c1-8(2)16-12(19)5-6-18-11-4-3-9(14)7-10(11)17-13(18)15/h3-4,7-8H,5-6H2,1-2H3,(H2,15,17)(H,16,19). The summed E-state index contributed by atoms with van der Waals surface area (Å²) in [7, 11) is 0. The third kappa shape index (κ3) is 3.17. The van der Waals surface area contributed by atoms with E-state index in [1.807, 2.05) is 24.5 Å². The molecule has 2 rings (SSSR count). The number of rotatable bonds is 4. The third-order valence-corrected chi connectivity index (χ3v) is 2.99. The van der Waals surface area contributed by atoms with Crippen molar-refractivity contribution in [2.75, 3.05) is 5.73 Å². The molecule has 0 saturated carbocycles. The molecule has 19 heavy (non-hydrogen) atoms. The molecule has 102 valence electrons. The number of nitrogen functional groups attached to an aromatic ring is 1. The average molecular weight is 281 g/mol. The van der Waals surface area contributed by atoms with Crippen LogP contribution in [0.1, 0.15) is 20.3 Å². The summed E-state index contributed by atoms with van der Waals surface area (Å²) in [5, 5.41) is 3.47. The Hall–Kier alpha value is -1.75. The molecule has 0 bridgehead atoms. The second-order valence-corrected chi connectivity index (χ2v) is 5.16. The SMILES string of the molecule is CC(C)NC(=O)CCn1c(N)nc2cc(Cl)ccc21. The van der Waals surface area contributed by atoms with Gasteiger partial charge in [-0.2, -0.15) is 0 Å². The average Bonchev–Trinajstić information content (AvgIpc) is 2.60. The molecule has 0 radical (unpaired) electrons. The van der Waals surface area contributed by atoms with E-state index in [9.17, 15) is 4.79 Å². The summed E-state index contributed by atoms with van der Waals surface area (Å²) >= 11 is 5.91. The first-order chi connectivity index (χ1) is 8.97. The fourth-order valence-corrected chi connectivity index (χ4v) is 2.13. The van der Waals surface area contributed by atoms with Crippen molar-refractivity contribution in [3.05, 3.63) is 23.2 Å². The third-order valence-electron chi connectivity index (χ3n) is 2.75. The van der Waals surface area contributed by atoms with Crippen molar-refractivity contribution in [3.8, 4) is 0 Å². The summed E-state index contributed by atoms with van der Waals surface area (Å²) in [6, 6.07) is 5.55. The van der Waals surface area contributed by atoms with Crippen LogP contribution in [-0.4, -0.2) is 21.5 Å². The Labute approximate surface area is 116 Å². The van der Waals surface area contributed by atoms with Crippen LogP contribution in [0.2, 0.25) is 5.02 Å². The summed E-state index contributed by atoms with van der Waals surface area (Å²) in [5.41, 5.74) is 7.50. The number of anilines is 1. The Morgan fingerprint density at radius 1 is 1.53 bits per heavy atom. The highest BCUT2D eigenvalue weighted by molar-refractivity contribution is 6.31. The highest BCUT2D eigenvalue weighted by Gasteiger charge is 2.10. The summed E-state index contributed by atoms with van der Waals surface area (Å²) in [4.78, 5) is 15.9. The van der Waals surface area contributed by atoms with Crippen LogP contribution in [0.25, 0.3) is 11.0 Å². The van der Waals surface area contributed by atoms with Crippen molar-refractivity contribution < 1.29 is 4.79 Å². The van der Waals surface area contributed by atoms with E-state index in [0.717, 1.165) is 11.0 Å². The van der Waals surface area contributed by atoms with E-state index in [4.69, 9.17) is 17.3 Å². The molecule has 1 amide bonds. The number of benzene rings is 1. The van der Waals surface area contributed by atoms with E-state index in [1.165, 1.54) is 0 Å². The lowest BCUT2D eigenvalue weighted by Gasteiger charge is -2.09. The van der Waals surface area contributed by atoms with E-state index in [1.54, 1.807) is 12.1 Å². The van der Waals surface area contributed by atoms with Gasteiger partial charge in [-0.1, -0.05) is 11.6 Å². The van der Waals surface area contributed by atoms with Gasteiger partial charge in [0.05, 0.1) is 11.0 Å². The topological polar surface area (TPSA) is 72.9 Å². The van der Waals surface area contributed by atoms with Crippen molar-refractivity contribution in [1.29, 1.82) is 0 Å². The number of nitrogens with two attached hydrogens (primary N) is 1. The van der Waals surface area contributed by atoms with Gasteiger partial charge in [-0.05, 0) is 32.0 Å². The smallest absolute Gasteiger partial charge is 0.221 e. The normalized spacial score (nSPS) is 11.2. The van der Waals surface area contributed by atoms with Gasteiger partial charge in [-0.25, -0.2) is 4.98 Å². The lowest BCUT2D eigenvalue weighted by molar-refractivity contribution is -0.121. The van der Waals surface area contributed by atoms with Crippen molar-refractivity contribution in [3.63, 3.8) is 0 Å². The van der Waals surface area contributed by atoms with E-state index < -0.39 is 0 Å². The molecule has 1 aromatic heterocycles. The quantitative estimate of drug-likeness (QED) is 0.902. The van der Waals surface area contributed by atoms with Crippen LogP contribution in [0.15, 0.2) is 18.2 Å². The number of nitrogens with zero attached hydrogens (tertiary/aromatic N) is 2. The Kier molecular flexibility index (Phi) is 3.95. The molecule has 0 saturated heterocycles. The highest BCUT2D eigenvalue weighted by atomic mass is 35.5. The Balaban J connectivity index is 2.16. The van der Waals surface area contributed by atoms with Gasteiger partial charge < -0.3 is 15.6 Å². The number of halogens is 1. The molecule has 0 unspecified atom stereocenters. The van der Waals surface area contributed by atoms with E-state index in [-0.39, 0.29) is 11.9 Å². The number of carbonyl (C=O) groups is 1. The van der Waals surface area contributed by atoms with Crippen LogP contribution in [0.3, 0.4) is 0 Å². The molecule has 5 nitrogen and oxygen atoms in total. The minimum absolute atomic E-state index is 0.00483. The number of aryl methyl sites for hydroxylation is 1. The number of nitrogens with one attached hydrogen (secondary N) is 1. The lowest BCUT2D eigenvalue weighted by atomic mass is 10.3. The van der Waals surface area contributed by atoms with Crippen molar-refractivity contribution in [1.82, 2.24) is 14.9 Å². The minimum Gasteiger partial charge on any atom is -0.369 e. The molecule has 2 aromatic rings. The Bertz CT molecular complexity index is 606. The predicted molar refractivity (Wildman–Crippen MR) is 77.1 cm³/mol. The second-order valence-electron chi connectivity index (χ2n) is 4.73. The molecular weight excluding hydrogens is 264 g/mol. The van der Waals surface area contributed by atoms with Crippen LogP contribution in [-0.2, 0) is 11.3 Å². The van der Waals surface area contributed by atoms with Gasteiger partial charge in [-0.15, -0.1) is 0 Å². The summed E-state index contributed by atoms with van der Waals surface area (Å²) in [6.45, 7) is 4.37. The van der Waals surface area contributed by atoms with Gasteiger partial charge in [0.2, 0.25) is 11.9 Å². The maximum Gasteiger partial charge on any atom is 0.221 e. The molecule has 3 N–H and O–H groups in total. The highest BCUT2D eigenvalue weighted by Crippen LogP contribution is 2.21. The number of amides is 1.